The summed E-state index contributed by atoms with van der Waals surface area (Å²) in [5.74, 6) is 0.841. The van der Waals surface area contributed by atoms with E-state index in [1.165, 1.54) is 16.8 Å². The van der Waals surface area contributed by atoms with Crippen molar-refractivity contribution in [3.8, 4) is 5.75 Å². The Labute approximate surface area is 120 Å². The van der Waals surface area contributed by atoms with Gasteiger partial charge in [-0.1, -0.05) is 6.42 Å². The van der Waals surface area contributed by atoms with E-state index in [9.17, 15) is 8.42 Å². The summed E-state index contributed by atoms with van der Waals surface area (Å²) >= 11 is 0. The first-order valence-corrected chi connectivity index (χ1v) is 8.37. The Morgan fingerprint density at radius 2 is 2.10 bits per heavy atom. The third-order valence-corrected chi connectivity index (χ3v) is 5.54. The molecule has 0 heterocycles. The summed E-state index contributed by atoms with van der Waals surface area (Å²) in [6.45, 7) is 2.80. The zero-order valence-corrected chi connectivity index (χ0v) is 12.8. The largest absolute Gasteiger partial charge is 0.492 e. The molecule has 1 aliphatic rings. The predicted octanol–water partition coefficient (Wildman–Crippen LogP) is 2.09. The normalized spacial score (nSPS) is 16.1. The van der Waals surface area contributed by atoms with Crippen LogP contribution < -0.4 is 10.5 Å². The summed E-state index contributed by atoms with van der Waals surface area (Å²) < 4.78 is 32.1. The summed E-state index contributed by atoms with van der Waals surface area (Å²) in [5.41, 5.74) is 6.14. The quantitative estimate of drug-likeness (QED) is 0.816. The number of ether oxygens (including phenoxy) is 1. The highest BCUT2D eigenvalue weighted by Crippen LogP contribution is 2.32. The molecule has 1 aliphatic carbocycles. The minimum atomic E-state index is -3.56. The maximum absolute atomic E-state index is 12.6. The van der Waals surface area contributed by atoms with Gasteiger partial charge in [0.15, 0.2) is 0 Å². The molecule has 0 aromatic heterocycles. The van der Waals surface area contributed by atoms with Crippen molar-refractivity contribution in [1.82, 2.24) is 4.31 Å². The lowest BCUT2D eigenvalue weighted by molar-refractivity contribution is 0.262. The molecule has 2 rings (SSSR count). The molecule has 2 N–H and O–H groups in total. The highest BCUT2D eigenvalue weighted by molar-refractivity contribution is 7.89. The third-order valence-electron chi connectivity index (χ3n) is 3.70. The Morgan fingerprint density at radius 1 is 1.40 bits per heavy atom. The Morgan fingerprint density at radius 3 is 2.65 bits per heavy atom. The average Bonchev–Trinajstić information content (AvgIpc) is 2.35. The molecule has 0 bridgehead atoms. The van der Waals surface area contributed by atoms with E-state index < -0.39 is 10.0 Å². The second-order valence-corrected chi connectivity index (χ2v) is 7.23. The summed E-state index contributed by atoms with van der Waals surface area (Å²) in [5, 5.41) is 0. The topological polar surface area (TPSA) is 72.6 Å². The van der Waals surface area contributed by atoms with Crippen LogP contribution in [0.5, 0.6) is 5.75 Å². The molecule has 1 aromatic rings. The van der Waals surface area contributed by atoms with Gasteiger partial charge in [0.2, 0.25) is 10.0 Å². The van der Waals surface area contributed by atoms with Crippen LogP contribution >= 0.6 is 0 Å². The highest BCUT2D eigenvalue weighted by Gasteiger charge is 2.29. The molecule has 0 saturated heterocycles. The summed E-state index contributed by atoms with van der Waals surface area (Å²) in [6, 6.07) is 4.73. The zero-order valence-electron chi connectivity index (χ0n) is 12.0. The molecule has 6 heteroatoms. The molecule has 112 valence electrons. The number of nitrogens with two attached hydrogens (primary N) is 1. The fourth-order valence-electron chi connectivity index (χ4n) is 2.31. The van der Waals surface area contributed by atoms with Gasteiger partial charge in [0, 0.05) is 19.3 Å². The first-order chi connectivity index (χ1) is 9.45. The number of sulfonamides is 1. The number of nitrogens with zero attached hydrogens (tertiary/aromatic N) is 1. The number of hydrogen-bond acceptors (Lipinski definition) is 4. The molecule has 5 nitrogen and oxygen atoms in total. The Balaban J connectivity index is 2.29. The summed E-state index contributed by atoms with van der Waals surface area (Å²) in [7, 11) is -1.94. The third kappa shape index (κ3) is 3.07. The average molecular weight is 298 g/mol. The smallest absolute Gasteiger partial charge is 0.246 e. The van der Waals surface area contributed by atoms with E-state index in [0.29, 0.717) is 30.5 Å². The Hall–Kier alpha value is -1.27. The van der Waals surface area contributed by atoms with E-state index in [4.69, 9.17) is 10.5 Å². The molecule has 0 spiro atoms. The maximum atomic E-state index is 12.6. The molecule has 20 heavy (non-hydrogen) atoms. The van der Waals surface area contributed by atoms with Crippen LogP contribution in [-0.4, -0.2) is 32.9 Å². The molecule has 1 saturated carbocycles. The van der Waals surface area contributed by atoms with Crippen molar-refractivity contribution in [1.29, 1.82) is 0 Å². The van der Waals surface area contributed by atoms with Crippen LogP contribution in [0.3, 0.4) is 0 Å². The SMILES string of the molecule is CCOc1ccc(N)cc1S(=O)(=O)N(C)CC1CCC1. The van der Waals surface area contributed by atoms with Crippen LogP contribution in [-0.2, 0) is 10.0 Å². The van der Waals surface area contributed by atoms with Gasteiger partial charge < -0.3 is 10.5 Å². The number of nitrogen functional groups attached to an aromatic ring is 1. The second kappa shape index (κ2) is 6.01. The second-order valence-electron chi connectivity index (χ2n) is 5.22. The lowest BCUT2D eigenvalue weighted by Gasteiger charge is -2.30. The monoisotopic (exact) mass is 298 g/mol. The number of hydrogen-bond donors (Lipinski definition) is 1. The summed E-state index contributed by atoms with van der Waals surface area (Å²) in [6.07, 6.45) is 3.41. The standard InChI is InChI=1S/C14H22N2O3S/c1-3-19-13-8-7-12(15)9-14(13)20(17,18)16(2)10-11-5-4-6-11/h7-9,11H,3-6,10,15H2,1-2H3. The van der Waals surface area contributed by atoms with Crippen molar-refractivity contribution < 1.29 is 13.2 Å². The van der Waals surface area contributed by atoms with Crippen molar-refractivity contribution >= 4 is 15.7 Å². The van der Waals surface area contributed by atoms with Crippen LogP contribution in [0.4, 0.5) is 5.69 Å². The lowest BCUT2D eigenvalue weighted by atomic mass is 9.86. The zero-order chi connectivity index (χ0) is 14.8. The van der Waals surface area contributed by atoms with Gasteiger partial charge in [-0.15, -0.1) is 0 Å². The Bertz CT molecular complexity index is 568. The van der Waals surface area contributed by atoms with Crippen molar-refractivity contribution in [2.24, 2.45) is 5.92 Å². The van der Waals surface area contributed by atoms with Crippen molar-refractivity contribution in [2.75, 3.05) is 25.9 Å². The minimum absolute atomic E-state index is 0.154. The van der Waals surface area contributed by atoms with Crippen molar-refractivity contribution in [3.63, 3.8) is 0 Å². The van der Waals surface area contributed by atoms with Gasteiger partial charge in [-0.3, -0.25) is 0 Å². The molecule has 0 radical (unpaired) electrons. The van der Waals surface area contributed by atoms with Crippen LogP contribution in [0.2, 0.25) is 0 Å². The molecule has 0 unspecified atom stereocenters. The summed E-state index contributed by atoms with van der Waals surface area (Å²) in [4.78, 5) is 0.154. The van der Waals surface area contributed by atoms with E-state index in [1.807, 2.05) is 6.92 Å². The fraction of sp³-hybridized carbons (Fsp3) is 0.571. The van der Waals surface area contributed by atoms with Crippen molar-refractivity contribution in [2.45, 2.75) is 31.1 Å². The highest BCUT2D eigenvalue weighted by atomic mass is 32.2. The van der Waals surface area contributed by atoms with E-state index in [0.717, 1.165) is 12.8 Å². The van der Waals surface area contributed by atoms with Gasteiger partial charge in [-0.05, 0) is 43.9 Å². The molecule has 0 atom stereocenters. The van der Waals surface area contributed by atoms with Gasteiger partial charge in [0.25, 0.3) is 0 Å². The van der Waals surface area contributed by atoms with Crippen LogP contribution in [0.15, 0.2) is 23.1 Å². The first kappa shape index (κ1) is 15.1. The molecule has 0 amide bonds. The van der Waals surface area contributed by atoms with Crippen LogP contribution in [0.1, 0.15) is 26.2 Å². The van der Waals surface area contributed by atoms with Crippen molar-refractivity contribution in [3.05, 3.63) is 18.2 Å². The number of rotatable bonds is 6. The van der Waals surface area contributed by atoms with Crippen LogP contribution in [0.25, 0.3) is 0 Å². The maximum Gasteiger partial charge on any atom is 0.246 e. The predicted molar refractivity (Wildman–Crippen MR) is 79.2 cm³/mol. The van der Waals surface area contributed by atoms with Gasteiger partial charge in [0.05, 0.1) is 6.61 Å². The molecule has 1 fully saturated rings. The molecular formula is C14H22N2O3S. The van der Waals surface area contributed by atoms with E-state index >= 15 is 0 Å². The van der Waals surface area contributed by atoms with Gasteiger partial charge in [0.1, 0.15) is 10.6 Å². The van der Waals surface area contributed by atoms with Crippen LogP contribution in [0, 0.1) is 5.92 Å². The minimum Gasteiger partial charge on any atom is -0.492 e. The van der Waals surface area contributed by atoms with E-state index in [2.05, 4.69) is 0 Å². The van der Waals surface area contributed by atoms with Gasteiger partial charge in [-0.25, -0.2) is 12.7 Å². The first-order valence-electron chi connectivity index (χ1n) is 6.93. The lowest BCUT2D eigenvalue weighted by Crippen LogP contribution is -2.34. The Kier molecular flexibility index (Phi) is 4.55. The number of anilines is 1. The van der Waals surface area contributed by atoms with Gasteiger partial charge >= 0.3 is 0 Å². The number of benzene rings is 1. The molecule has 0 aliphatic heterocycles. The molecule has 1 aromatic carbocycles. The fourth-order valence-corrected chi connectivity index (χ4v) is 3.72. The van der Waals surface area contributed by atoms with Gasteiger partial charge in [-0.2, -0.15) is 0 Å². The van der Waals surface area contributed by atoms with E-state index in [1.54, 1.807) is 19.2 Å². The molecular weight excluding hydrogens is 276 g/mol. The van der Waals surface area contributed by atoms with E-state index in [-0.39, 0.29) is 4.90 Å².